The van der Waals surface area contributed by atoms with Gasteiger partial charge in [0, 0.05) is 5.41 Å². The summed E-state index contributed by atoms with van der Waals surface area (Å²) in [6.07, 6.45) is 5.92. The Hall–Kier alpha value is -0.310. The van der Waals surface area contributed by atoms with Gasteiger partial charge in [-0.3, -0.25) is 0 Å². The van der Waals surface area contributed by atoms with E-state index in [2.05, 4.69) is 63.3 Å². The first-order valence-electron chi connectivity index (χ1n) is 5.28. The molecule has 1 aromatic rings. The molecule has 1 atom stereocenters. The van der Waals surface area contributed by atoms with Gasteiger partial charge in [0.1, 0.15) is 0 Å². The Kier molecular flexibility index (Phi) is 3.64. The van der Waals surface area contributed by atoms with E-state index in [9.17, 15) is 0 Å². The maximum Gasteiger partial charge on any atom is 0.0112 e. The number of halogens is 1. The average Bonchev–Trinajstić information content (AvgIpc) is 2.44. The van der Waals surface area contributed by atoms with Crippen molar-refractivity contribution in [1.29, 1.82) is 0 Å². The fraction of sp³-hybridized carbons (Fsp3) is 0.429. The van der Waals surface area contributed by atoms with Crippen molar-refractivity contribution in [2.75, 3.05) is 0 Å². The summed E-state index contributed by atoms with van der Waals surface area (Å²) in [5.41, 5.74) is 2.02. The van der Waals surface area contributed by atoms with Crippen LogP contribution in [0.3, 0.4) is 0 Å². The van der Waals surface area contributed by atoms with Crippen LogP contribution in [0.4, 0.5) is 0 Å². The van der Waals surface area contributed by atoms with Crippen LogP contribution in [0.25, 0.3) is 0 Å². The van der Waals surface area contributed by atoms with Crippen LogP contribution in [0.15, 0.2) is 42.5 Å². The lowest BCUT2D eigenvalue weighted by atomic mass is 9.77. The molecule has 1 aliphatic rings. The molecule has 1 heteroatoms. The van der Waals surface area contributed by atoms with E-state index in [-0.39, 0.29) is 29.4 Å². The van der Waals surface area contributed by atoms with Gasteiger partial charge in [0.05, 0.1) is 0 Å². The summed E-state index contributed by atoms with van der Waals surface area (Å²) in [5.74, 6) is 0. The third-order valence-electron chi connectivity index (χ3n) is 3.16. The second-order valence-electron chi connectivity index (χ2n) is 5.28. The molecule has 0 heterocycles. The van der Waals surface area contributed by atoms with E-state index in [1.54, 1.807) is 0 Å². The third kappa shape index (κ3) is 2.63. The molecule has 15 heavy (non-hydrogen) atoms. The molecule has 0 aliphatic heterocycles. The van der Waals surface area contributed by atoms with Crippen LogP contribution >= 0.6 is 24.0 Å². The van der Waals surface area contributed by atoms with Crippen LogP contribution in [0.5, 0.6) is 0 Å². The molecule has 0 amide bonds. The van der Waals surface area contributed by atoms with Crippen molar-refractivity contribution >= 4 is 24.0 Å². The van der Waals surface area contributed by atoms with E-state index in [4.69, 9.17) is 0 Å². The molecule has 0 spiro atoms. The number of hydrogen-bond donors (Lipinski definition) is 0. The number of allylic oxidation sites excluding steroid dienone is 2. The molecular formula is C14H19I. The molecule has 0 N–H and O–H groups in total. The molecule has 82 valence electrons. The van der Waals surface area contributed by atoms with E-state index in [0.29, 0.717) is 5.41 Å². The van der Waals surface area contributed by atoms with E-state index in [1.165, 1.54) is 12.0 Å². The van der Waals surface area contributed by atoms with Gasteiger partial charge in [-0.2, -0.15) is 0 Å². The SMILES string of the molecule is CC1(C)C=CC(C)(c2ccccc2)C1.I. The van der Waals surface area contributed by atoms with Crippen molar-refractivity contribution in [1.82, 2.24) is 0 Å². The Morgan fingerprint density at radius 3 is 2.00 bits per heavy atom. The fourth-order valence-corrected chi connectivity index (χ4v) is 2.49. The zero-order valence-corrected chi connectivity index (χ0v) is 12.0. The predicted molar refractivity (Wildman–Crippen MR) is 76.7 cm³/mol. The molecular weight excluding hydrogens is 295 g/mol. The van der Waals surface area contributed by atoms with E-state index >= 15 is 0 Å². The Balaban J connectivity index is 0.00000112. The number of rotatable bonds is 1. The van der Waals surface area contributed by atoms with Gasteiger partial charge in [-0.05, 0) is 17.4 Å². The van der Waals surface area contributed by atoms with Gasteiger partial charge in [0.2, 0.25) is 0 Å². The normalized spacial score (nSPS) is 27.4. The quantitative estimate of drug-likeness (QED) is 0.527. The summed E-state index contributed by atoms with van der Waals surface area (Å²) in [5, 5.41) is 0. The summed E-state index contributed by atoms with van der Waals surface area (Å²) in [7, 11) is 0. The van der Waals surface area contributed by atoms with Gasteiger partial charge in [0.15, 0.2) is 0 Å². The Bertz CT molecular complexity index is 351. The third-order valence-corrected chi connectivity index (χ3v) is 3.16. The zero-order valence-electron chi connectivity index (χ0n) is 9.66. The van der Waals surface area contributed by atoms with E-state index in [1.807, 2.05) is 0 Å². The summed E-state index contributed by atoms with van der Waals surface area (Å²) in [4.78, 5) is 0. The monoisotopic (exact) mass is 314 g/mol. The molecule has 1 aliphatic carbocycles. The second kappa shape index (κ2) is 4.28. The van der Waals surface area contributed by atoms with Crippen LogP contribution in [0, 0.1) is 5.41 Å². The van der Waals surface area contributed by atoms with Gasteiger partial charge in [-0.1, -0.05) is 63.3 Å². The highest BCUT2D eigenvalue weighted by Gasteiger charge is 2.35. The topological polar surface area (TPSA) is 0 Å². The Morgan fingerprint density at radius 1 is 0.933 bits per heavy atom. The predicted octanol–water partition coefficient (Wildman–Crippen LogP) is 4.55. The summed E-state index contributed by atoms with van der Waals surface area (Å²) in [6.45, 7) is 6.93. The van der Waals surface area contributed by atoms with Gasteiger partial charge in [-0.15, -0.1) is 24.0 Å². The molecule has 1 unspecified atom stereocenters. The molecule has 1 aromatic carbocycles. The molecule has 0 nitrogen and oxygen atoms in total. The minimum atomic E-state index is 0. The Labute approximate surface area is 110 Å². The maximum atomic E-state index is 2.36. The van der Waals surface area contributed by atoms with Crippen LogP contribution in [0.1, 0.15) is 32.8 Å². The first-order chi connectivity index (χ1) is 6.52. The molecule has 0 aromatic heterocycles. The molecule has 0 fully saturated rings. The van der Waals surface area contributed by atoms with E-state index < -0.39 is 0 Å². The molecule has 0 bridgehead atoms. The summed E-state index contributed by atoms with van der Waals surface area (Å²) < 4.78 is 0. The van der Waals surface area contributed by atoms with Crippen LogP contribution in [0.2, 0.25) is 0 Å². The van der Waals surface area contributed by atoms with Crippen molar-refractivity contribution < 1.29 is 0 Å². The van der Waals surface area contributed by atoms with Crippen molar-refractivity contribution in [2.24, 2.45) is 5.41 Å². The van der Waals surface area contributed by atoms with Gasteiger partial charge in [0.25, 0.3) is 0 Å². The zero-order chi connectivity index (χ0) is 10.2. The van der Waals surface area contributed by atoms with Gasteiger partial charge < -0.3 is 0 Å². The standard InChI is InChI=1S/C14H18.HI/c1-13(2)9-10-14(3,11-13)12-7-5-4-6-8-12;/h4-10H,11H2,1-3H3;1H. The smallest absolute Gasteiger partial charge is 0.0112 e. The second-order valence-corrected chi connectivity index (χ2v) is 5.28. The lowest BCUT2D eigenvalue weighted by Crippen LogP contribution is -2.20. The van der Waals surface area contributed by atoms with Crippen LogP contribution in [-0.4, -0.2) is 0 Å². The van der Waals surface area contributed by atoms with Crippen molar-refractivity contribution in [2.45, 2.75) is 32.6 Å². The highest BCUT2D eigenvalue weighted by Crippen LogP contribution is 2.44. The van der Waals surface area contributed by atoms with Crippen LogP contribution < -0.4 is 0 Å². The summed E-state index contributed by atoms with van der Waals surface area (Å²) in [6, 6.07) is 10.8. The number of hydrogen-bond acceptors (Lipinski definition) is 0. The van der Waals surface area contributed by atoms with Gasteiger partial charge in [-0.25, -0.2) is 0 Å². The first-order valence-corrected chi connectivity index (χ1v) is 5.28. The maximum absolute atomic E-state index is 2.36. The first kappa shape index (κ1) is 12.8. The minimum absolute atomic E-state index is 0. The molecule has 0 saturated carbocycles. The van der Waals surface area contributed by atoms with Crippen molar-refractivity contribution in [3.05, 3.63) is 48.0 Å². The van der Waals surface area contributed by atoms with Crippen molar-refractivity contribution in [3.8, 4) is 0 Å². The minimum Gasteiger partial charge on any atom is -0.107 e. The average molecular weight is 314 g/mol. The largest absolute Gasteiger partial charge is 0.107 e. The van der Waals surface area contributed by atoms with Crippen LogP contribution in [-0.2, 0) is 5.41 Å². The fourth-order valence-electron chi connectivity index (χ4n) is 2.49. The highest BCUT2D eigenvalue weighted by molar-refractivity contribution is 14.0. The molecule has 0 saturated heterocycles. The lowest BCUT2D eigenvalue weighted by molar-refractivity contribution is 0.386. The molecule has 0 radical (unpaired) electrons. The highest BCUT2D eigenvalue weighted by atomic mass is 127. The van der Waals surface area contributed by atoms with Gasteiger partial charge >= 0.3 is 0 Å². The van der Waals surface area contributed by atoms with Crippen molar-refractivity contribution in [3.63, 3.8) is 0 Å². The lowest BCUT2D eigenvalue weighted by Gasteiger charge is -2.27. The molecule has 2 rings (SSSR count). The summed E-state index contributed by atoms with van der Waals surface area (Å²) >= 11 is 0. The van der Waals surface area contributed by atoms with E-state index in [0.717, 1.165) is 0 Å². The number of benzene rings is 1. The Morgan fingerprint density at radius 2 is 1.53 bits per heavy atom.